The molecule has 1 aliphatic carbocycles. The number of likely N-dealkylation sites (tertiary alicyclic amines) is 1. The van der Waals surface area contributed by atoms with Gasteiger partial charge in [-0.25, -0.2) is 4.39 Å². The first-order valence-corrected chi connectivity index (χ1v) is 6.69. The standard InChI is InChI=1S/C15H16FNO2/c16-12-3-1-11(2-4-12)15(7-8-15)14(19)17-9-5-13(18)6-10-17/h1-4H,5-10H2. The molecule has 2 aliphatic rings. The Labute approximate surface area is 111 Å². The predicted octanol–water partition coefficient (Wildman–Crippen LogP) is 2.05. The molecule has 1 heterocycles. The number of benzene rings is 1. The largest absolute Gasteiger partial charge is 0.341 e. The first kappa shape index (κ1) is 12.3. The monoisotopic (exact) mass is 261 g/mol. The van der Waals surface area contributed by atoms with Gasteiger partial charge in [0.1, 0.15) is 11.6 Å². The Morgan fingerprint density at radius 1 is 1.11 bits per heavy atom. The summed E-state index contributed by atoms with van der Waals surface area (Å²) in [5.74, 6) is 0.0536. The van der Waals surface area contributed by atoms with Gasteiger partial charge in [-0.2, -0.15) is 0 Å². The molecule has 0 spiro atoms. The molecule has 100 valence electrons. The molecule has 1 saturated heterocycles. The van der Waals surface area contributed by atoms with Gasteiger partial charge in [0.2, 0.25) is 5.91 Å². The molecule has 3 rings (SSSR count). The van der Waals surface area contributed by atoms with Gasteiger partial charge in [0.05, 0.1) is 5.41 Å². The maximum absolute atomic E-state index is 13.0. The Balaban J connectivity index is 1.79. The highest BCUT2D eigenvalue weighted by Gasteiger charge is 2.53. The lowest BCUT2D eigenvalue weighted by molar-refractivity contribution is -0.136. The third-order valence-corrected chi connectivity index (χ3v) is 4.16. The van der Waals surface area contributed by atoms with Crippen LogP contribution in [0, 0.1) is 5.82 Å². The number of carbonyl (C=O) groups excluding carboxylic acids is 2. The van der Waals surface area contributed by atoms with Crippen molar-refractivity contribution in [2.24, 2.45) is 0 Å². The zero-order valence-corrected chi connectivity index (χ0v) is 10.7. The zero-order valence-electron chi connectivity index (χ0n) is 10.7. The van der Waals surface area contributed by atoms with E-state index < -0.39 is 5.41 Å². The molecule has 0 aromatic heterocycles. The van der Waals surface area contributed by atoms with Crippen LogP contribution in [0.15, 0.2) is 24.3 Å². The molecule has 0 atom stereocenters. The Bertz CT molecular complexity index is 509. The van der Waals surface area contributed by atoms with Crippen molar-refractivity contribution in [1.82, 2.24) is 4.90 Å². The molecule has 4 heteroatoms. The molecule has 0 N–H and O–H groups in total. The van der Waals surface area contributed by atoms with E-state index in [1.165, 1.54) is 12.1 Å². The van der Waals surface area contributed by atoms with E-state index in [0.717, 1.165) is 18.4 Å². The van der Waals surface area contributed by atoms with Crippen LogP contribution in [0.1, 0.15) is 31.2 Å². The molecule has 0 radical (unpaired) electrons. The number of carbonyl (C=O) groups is 2. The second-order valence-electron chi connectivity index (χ2n) is 5.42. The summed E-state index contributed by atoms with van der Waals surface area (Å²) in [4.78, 5) is 25.6. The van der Waals surface area contributed by atoms with E-state index in [-0.39, 0.29) is 17.5 Å². The summed E-state index contributed by atoms with van der Waals surface area (Å²) < 4.78 is 13.0. The van der Waals surface area contributed by atoms with Crippen LogP contribution in [0.25, 0.3) is 0 Å². The van der Waals surface area contributed by atoms with Crippen molar-refractivity contribution in [3.05, 3.63) is 35.6 Å². The molecule has 1 aromatic carbocycles. The number of ketones is 1. The maximum atomic E-state index is 13.0. The molecule has 1 saturated carbocycles. The van der Waals surface area contributed by atoms with Crippen molar-refractivity contribution in [2.75, 3.05) is 13.1 Å². The van der Waals surface area contributed by atoms with Crippen molar-refractivity contribution < 1.29 is 14.0 Å². The van der Waals surface area contributed by atoms with E-state index in [0.29, 0.717) is 25.9 Å². The molecular formula is C15H16FNO2. The number of hydrogen-bond donors (Lipinski definition) is 0. The fraction of sp³-hybridized carbons (Fsp3) is 0.467. The van der Waals surface area contributed by atoms with Gasteiger partial charge in [-0.3, -0.25) is 9.59 Å². The number of rotatable bonds is 2. The minimum atomic E-state index is -0.450. The van der Waals surface area contributed by atoms with E-state index in [9.17, 15) is 14.0 Å². The molecule has 1 amide bonds. The SMILES string of the molecule is O=C1CCN(C(=O)C2(c3ccc(F)cc3)CC2)CC1. The lowest BCUT2D eigenvalue weighted by Gasteiger charge is -2.30. The van der Waals surface area contributed by atoms with Gasteiger partial charge in [-0.15, -0.1) is 0 Å². The number of amides is 1. The van der Waals surface area contributed by atoms with Crippen LogP contribution in [-0.4, -0.2) is 29.7 Å². The second kappa shape index (κ2) is 4.44. The van der Waals surface area contributed by atoms with Gasteiger partial charge < -0.3 is 4.90 Å². The number of piperidine rings is 1. The first-order valence-electron chi connectivity index (χ1n) is 6.69. The topological polar surface area (TPSA) is 37.4 Å². The summed E-state index contributed by atoms with van der Waals surface area (Å²) in [6, 6.07) is 6.22. The normalized spacial score (nSPS) is 21.3. The summed E-state index contributed by atoms with van der Waals surface area (Å²) in [7, 11) is 0. The van der Waals surface area contributed by atoms with Gasteiger partial charge in [0, 0.05) is 25.9 Å². The maximum Gasteiger partial charge on any atom is 0.233 e. The van der Waals surface area contributed by atoms with Crippen LogP contribution >= 0.6 is 0 Å². The number of nitrogens with zero attached hydrogens (tertiary/aromatic N) is 1. The molecule has 0 bridgehead atoms. The number of Topliss-reactive ketones (excluding diaryl/α,β-unsaturated/α-hetero) is 1. The van der Waals surface area contributed by atoms with Crippen LogP contribution in [-0.2, 0) is 15.0 Å². The van der Waals surface area contributed by atoms with E-state index in [4.69, 9.17) is 0 Å². The fourth-order valence-corrected chi connectivity index (χ4v) is 2.78. The lowest BCUT2D eigenvalue weighted by atomic mass is 9.93. The van der Waals surface area contributed by atoms with Crippen LogP contribution in [0.4, 0.5) is 4.39 Å². The average Bonchev–Trinajstić information content (AvgIpc) is 3.21. The molecule has 1 aromatic rings. The van der Waals surface area contributed by atoms with Gasteiger partial charge in [-0.05, 0) is 30.5 Å². The van der Waals surface area contributed by atoms with Crippen LogP contribution in [0.5, 0.6) is 0 Å². The van der Waals surface area contributed by atoms with E-state index >= 15 is 0 Å². The van der Waals surface area contributed by atoms with Crippen molar-refractivity contribution >= 4 is 11.7 Å². The van der Waals surface area contributed by atoms with Crippen molar-refractivity contribution in [2.45, 2.75) is 31.1 Å². The summed E-state index contributed by atoms with van der Waals surface area (Å²) in [5.41, 5.74) is 0.449. The highest BCUT2D eigenvalue weighted by atomic mass is 19.1. The summed E-state index contributed by atoms with van der Waals surface area (Å²) in [5, 5.41) is 0. The summed E-state index contributed by atoms with van der Waals surface area (Å²) >= 11 is 0. The smallest absolute Gasteiger partial charge is 0.233 e. The third kappa shape index (κ3) is 2.15. The quantitative estimate of drug-likeness (QED) is 0.817. The Kier molecular flexibility index (Phi) is 2.88. The predicted molar refractivity (Wildman–Crippen MR) is 68.1 cm³/mol. The average molecular weight is 261 g/mol. The van der Waals surface area contributed by atoms with E-state index in [2.05, 4.69) is 0 Å². The van der Waals surface area contributed by atoms with Gasteiger partial charge in [0.15, 0.2) is 0 Å². The summed E-state index contributed by atoms with van der Waals surface area (Å²) in [6.07, 6.45) is 2.57. The Morgan fingerprint density at radius 2 is 1.68 bits per heavy atom. The van der Waals surface area contributed by atoms with Gasteiger partial charge in [-0.1, -0.05) is 12.1 Å². The minimum absolute atomic E-state index is 0.103. The molecule has 1 aliphatic heterocycles. The molecule has 3 nitrogen and oxygen atoms in total. The fourth-order valence-electron chi connectivity index (χ4n) is 2.78. The minimum Gasteiger partial charge on any atom is -0.341 e. The summed E-state index contributed by atoms with van der Waals surface area (Å²) in [6.45, 7) is 1.06. The lowest BCUT2D eigenvalue weighted by Crippen LogP contribution is -2.44. The first-order chi connectivity index (χ1) is 9.12. The van der Waals surface area contributed by atoms with Crippen molar-refractivity contribution in [3.63, 3.8) is 0 Å². The molecule has 2 fully saturated rings. The van der Waals surface area contributed by atoms with Crippen molar-refractivity contribution in [3.8, 4) is 0 Å². The molecule has 0 unspecified atom stereocenters. The number of halogens is 1. The van der Waals surface area contributed by atoms with E-state index in [1.54, 1.807) is 17.0 Å². The van der Waals surface area contributed by atoms with Crippen LogP contribution in [0.2, 0.25) is 0 Å². The molecule has 19 heavy (non-hydrogen) atoms. The highest BCUT2D eigenvalue weighted by Crippen LogP contribution is 2.49. The van der Waals surface area contributed by atoms with Crippen LogP contribution < -0.4 is 0 Å². The zero-order chi connectivity index (χ0) is 13.5. The van der Waals surface area contributed by atoms with Gasteiger partial charge in [0.25, 0.3) is 0 Å². The Hall–Kier alpha value is -1.71. The second-order valence-corrected chi connectivity index (χ2v) is 5.42. The van der Waals surface area contributed by atoms with Crippen LogP contribution in [0.3, 0.4) is 0 Å². The van der Waals surface area contributed by atoms with Gasteiger partial charge >= 0.3 is 0 Å². The Morgan fingerprint density at radius 3 is 2.21 bits per heavy atom. The van der Waals surface area contributed by atoms with Crippen molar-refractivity contribution in [1.29, 1.82) is 0 Å². The van der Waals surface area contributed by atoms with E-state index in [1.807, 2.05) is 0 Å². The number of hydrogen-bond acceptors (Lipinski definition) is 2. The third-order valence-electron chi connectivity index (χ3n) is 4.16. The highest BCUT2D eigenvalue weighted by molar-refractivity contribution is 5.92. The molecular weight excluding hydrogens is 245 g/mol.